The summed E-state index contributed by atoms with van der Waals surface area (Å²) in [5.41, 5.74) is 1.03. The van der Waals surface area contributed by atoms with E-state index in [2.05, 4.69) is 40.3 Å². The van der Waals surface area contributed by atoms with Crippen molar-refractivity contribution < 1.29 is 0 Å². The van der Waals surface area contributed by atoms with Crippen molar-refractivity contribution in [2.45, 2.75) is 13.5 Å². The summed E-state index contributed by atoms with van der Waals surface area (Å²) >= 11 is 11.3. The van der Waals surface area contributed by atoms with Crippen molar-refractivity contribution >= 4 is 44.6 Å². The van der Waals surface area contributed by atoms with E-state index in [9.17, 15) is 0 Å². The van der Waals surface area contributed by atoms with Crippen molar-refractivity contribution in [2.24, 2.45) is 0 Å². The van der Waals surface area contributed by atoms with Crippen LogP contribution >= 0.6 is 38.9 Å². The molecule has 2 rings (SSSR count). The molecule has 0 aliphatic carbocycles. The first kappa shape index (κ1) is 12.0. The Balaban J connectivity index is 2.07. The van der Waals surface area contributed by atoms with Crippen LogP contribution in [0.15, 0.2) is 34.8 Å². The molecule has 4 heteroatoms. The van der Waals surface area contributed by atoms with E-state index in [1.54, 1.807) is 11.3 Å². The summed E-state index contributed by atoms with van der Waals surface area (Å²) in [6.07, 6.45) is 0. The monoisotopic (exact) mass is 315 g/mol. The highest BCUT2D eigenvalue weighted by atomic mass is 79.9. The molecule has 0 bridgehead atoms. The maximum atomic E-state index is 6.02. The van der Waals surface area contributed by atoms with Gasteiger partial charge in [0.05, 0.1) is 15.2 Å². The van der Waals surface area contributed by atoms with Gasteiger partial charge in [0.2, 0.25) is 0 Å². The minimum absolute atomic E-state index is 0.729. The highest BCUT2D eigenvalue weighted by Gasteiger charge is 2.03. The number of hydrogen-bond acceptors (Lipinski definition) is 2. The average Bonchev–Trinajstić information content (AvgIpc) is 2.67. The number of anilines is 1. The standard InChI is InChI=1S/C12H11BrClNS/c1-8-5-6-9(16-8)7-15-11-4-2-3-10(14)12(11)13/h2-6,15H,7H2,1H3. The molecule has 0 amide bonds. The van der Waals surface area contributed by atoms with Crippen molar-refractivity contribution in [3.05, 3.63) is 49.6 Å². The molecule has 1 N–H and O–H groups in total. The van der Waals surface area contributed by atoms with Gasteiger partial charge in [-0.1, -0.05) is 17.7 Å². The summed E-state index contributed by atoms with van der Waals surface area (Å²) in [5, 5.41) is 4.09. The Bertz CT molecular complexity index is 496. The van der Waals surface area contributed by atoms with Crippen molar-refractivity contribution in [2.75, 3.05) is 5.32 Å². The molecule has 1 aromatic heterocycles. The van der Waals surface area contributed by atoms with Crippen LogP contribution in [0.1, 0.15) is 9.75 Å². The lowest BCUT2D eigenvalue weighted by Gasteiger charge is -2.08. The highest BCUT2D eigenvalue weighted by molar-refractivity contribution is 9.10. The van der Waals surface area contributed by atoms with E-state index < -0.39 is 0 Å². The molecule has 0 saturated carbocycles. The van der Waals surface area contributed by atoms with Gasteiger partial charge in [0, 0.05) is 16.3 Å². The molecule has 1 aromatic carbocycles. The van der Waals surface area contributed by atoms with Crippen molar-refractivity contribution in [1.29, 1.82) is 0 Å². The molecule has 0 aliphatic rings. The van der Waals surface area contributed by atoms with Crippen molar-refractivity contribution in [1.82, 2.24) is 0 Å². The third-order valence-electron chi connectivity index (χ3n) is 2.20. The number of nitrogens with one attached hydrogen (secondary N) is 1. The Morgan fingerprint density at radius 3 is 2.81 bits per heavy atom. The molecule has 0 saturated heterocycles. The Kier molecular flexibility index (Phi) is 3.90. The second-order valence-electron chi connectivity index (χ2n) is 3.47. The zero-order chi connectivity index (χ0) is 11.5. The summed E-state index contributed by atoms with van der Waals surface area (Å²) in [7, 11) is 0. The fraction of sp³-hybridized carbons (Fsp3) is 0.167. The number of rotatable bonds is 3. The first-order chi connectivity index (χ1) is 7.66. The van der Waals surface area contributed by atoms with Crippen LogP contribution in [0, 0.1) is 6.92 Å². The zero-order valence-electron chi connectivity index (χ0n) is 8.76. The predicted octanol–water partition coefficient (Wildman–Crippen LogP) is 5.08. The maximum absolute atomic E-state index is 6.02. The third kappa shape index (κ3) is 2.78. The van der Waals surface area contributed by atoms with Gasteiger partial charge in [-0.15, -0.1) is 11.3 Å². The van der Waals surface area contributed by atoms with Crippen LogP contribution in [-0.2, 0) is 6.54 Å². The van der Waals surface area contributed by atoms with Gasteiger partial charge in [0.1, 0.15) is 0 Å². The van der Waals surface area contributed by atoms with E-state index in [1.807, 2.05) is 18.2 Å². The molecular formula is C12H11BrClNS. The van der Waals surface area contributed by atoms with E-state index in [-0.39, 0.29) is 0 Å². The topological polar surface area (TPSA) is 12.0 Å². The molecule has 1 nitrogen and oxygen atoms in total. The van der Waals surface area contributed by atoms with E-state index in [0.717, 1.165) is 21.7 Å². The normalized spacial score (nSPS) is 10.4. The molecule has 16 heavy (non-hydrogen) atoms. The summed E-state index contributed by atoms with van der Waals surface area (Å²) in [6, 6.07) is 10.1. The van der Waals surface area contributed by atoms with Gasteiger partial charge in [0.15, 0.2) is 0 Å². The Hall–Kier alpha value is -0.510. The smallest absolute Gasteiger partial charge is 0.0593 e. The first-order valence-corrected chi connectivity index (χ1v) is 6.89. The molecule has 2 aromatic rings. The van der Waals surface area contributed by atoms with Crippen LogP contribution in [0.3, 0.4) is 0 Å². The quantitative estimate of drug-likeness (QED) is 0.832. The molecule has 0 unspecified atom stereocenters. The lowest BCUT2D eigenvalue weighted by atomic mass is 10.3. The number of hydrogen-bond donors (Lipinski definition) is 1. The summed E-state index contributed by atoms with van der Waals surface area (Å²) in [6.45, 7) is 2.95. The SMILES string of the molecule is Cc1ccc(CNc2cccc(Cl)c2Br)s1. The van der Waals surface area contributed by atoms with Crippen LogP contribution in [0.4, 0.5) is 5.69 Å². The largest absolute Gasteiger partial charge is 0.379 e. The van der Waals surface area contributed by atoms with E-state index >= 15 is 0 Å². The number of halogens is 2. The van der Waals surface area contributed by atoms with E-state index in [0.29, 0.717) is 0 Å². The van der Waals surface area contributed by atoms with Gasteiger partial charge < -0.3 is 5.32 Å². The summed E-state index contributed by atoms with van der Waals surface area (Å²) in [5.74, 6) is 0. The summed E-state index contributed by atoms with van der Waals surface area (Å²) < 4.78 is 0.921. The molecule has 0 fully saturated rings. The Morgan fingerprint density at radius 2 is 2.12 bits per heavy atom. The van der Waals surface area contributed by atoms with Crippen LogP contribution in [-0.4, -0.2) is 0 Å². The summed E-state index contributed by atoms with van der Waals surface area (Å²) in [4.78, 5) is 2.66. The van der Waals surface area contributed by atoms with Crippen LogP contribution in [0.25, 0.3) is 0 Å². The minimum Gasteiger partial charge on any atom is -0.379 e. The second-order valence-corrected chi connectivity index (χ2v) is 6.04. The van der Waals surface area contributed by atoms with Gasteiger partial charge >= 0.3 is 0 Å². The van der Waals surface area contributed by atoms with E-state index in [4.69, 9.17) is 11.6 Å². The van der Waals surface area contributed by atoms with Gasteiger partial charge in [-0.3, -0.25) is 0 Å². The molecule has 0 aliphatic heterocycles. The van der Waals surface area contributed by atoms with Crippen LogP contribution in [0.2, 0.25) is 5.02 Å². The molecule has 1 heterocycles. The lowest BCUT2D eigenvalue weighted by Crippen LogP contribution is -1.97. The maximum Gasteiger partial charge on any atom is 0.0593 e. The first-order valence-electron chi connectivity index (χ1n) is 4.90. The van der Waals surface area contributed by atoms with Gasteiger partial charge in [0.25, 0.3) is 0 Å². The van der Waals surface area contributed by atoms with Gasteiger partial charge in [-0.2, -0.15) is 0 Å². The Morgan fingerprint density at radius 1 is 1.31 bits per heavy atom. The fourth-order valence-corrected chi connectivity index (χ4v) is 2.81. The average molecular weight is 317 g/mol. The molecule has 0 radical (unpaired) electrons. The minimum atomic E-state index is 0.729. The van der Waals surface area contributed by atoms with Crippen LogP contribution in [0.5, 0.6) is 0 Å². The number of thiophene rings is 1. The van der Waals surface area contributed by atoms with Crippen molar-refractivity contribution in [3.63, 3.8) is 0 Å². The second kappa shape index (κ2) is 5.21. The third-order valence-corrected chi connectivity index (χ3v) is 4.60. The molecular weight excluding hydrogens is 306 g/mol. The van der Waals surface area contributed by atoms with Gasteiger partial charge in [-0.05, 0) is 47.1 Å². The number of benzene rings is 1. The van der Waals surface area contributed by atoms with Crippen molar-refractivity contribution in [3.8, 4) is 0 Å². The predicted molar refractivity (Wildman–Crippen MR) is 75.5 cm³/mol. The fourth-order valence-electron chi connectivity index (χ4n) is 1.40. The number of aryl methyl sites for hydroxylation is 1. The lowest BCUT2D eigenvalue weighted by molar-refractivity contribution is 1.19. The van der Waals surface area contributed by atoms with Crippen LogP contribution < -0.4 is 5.32 Å². The van der Waals surface area contributed by atoms with E-state index in [1.165, 1.54) is 9.75 Å². The molecule has 0 atom stereocenters. The highest BCUT2D eigenvalue weighted by Crippen LogP contribution is 2.30. The molecule has 0 spiro atoms. The van der Waals surface area contributed by atoms with Gasteiger partial charge in [-0.25, -0.2) is 0 Å². The zero-order valence-corrected chi connectivity index (χ0v) is 11.9. The molecule has 84 valence electrons. The Labute approximate surface area is 113 Å².